The summed E-state index contributed by atoms with van der Waals surface area (Å²) in [7, 11) is 0. The Labute approximate surface area is 125 Å². The summed E-state index contributed by atoms with van der Waals surface area (Å²) in [6.45, 7) is 2.46. The minimum atomic E-state index is -0.342. The summed E-state index contributed by atoms with van der Waals surface area (Å²) in [4.78, 5) is 17.1. The van der Waals surface area contributed by atoms with Crippen LogP contribution in [0.2, 0.25) is 0 Å². The van der Waals surface area contributed by atoms with Gasteiger partial charge in [0.1, 0.15) is 0 Å². The first-order chi connectivity index (χ1) is 10.2. The maximum atomic E-state index is 11.9. The van der Waals surface area contributed by atoms with Gasteiger partial charge >= 0.3 is 0 Å². The SMILES string of the molecule is Cc1ccc(-c2nc(C(=O)NCc3cccs3)no2)cc1. The first kappa shape index (κ1) is 13.5. The summed E-state index contributed by atoms with van der Waals surface area (Å²) >= 11 is 1.58. The molecular formula is C15H13N3O2S. The Morgan fingerprint density at radius 3 is 2.81 bits per heavy atom. The van der Waals surface area contributed by atoms with Crippen LogP contribution in [0, 0.1) is 6.92 Å². The molecule has 3 rings (SSSR count). The fraction of sp³-hybridized carbons (Fsp3) is 0.133. The van der Waals surface area contributed by atoms with Crippen LogP contribution in [0.25, 0.3) is 11.5 Å². The predicted molar refractivity (Wildman–Crippen MR) is 80.0 cm³/mol. The first-order valence-corrected chi connectivity index (χ1v) is 7.31. The lowest BCUT2D eigenvalue weighted by molar-refractivity contribution is 0.0938. The van der Waals surface area contributed by atoms with Crippen molar-refractivity contribution in [2.45, 2.75) is 13.5 Å². The number of amides is 1. The Morgan fingerprint density at radius 1 is 1.29 bits per heavy atom. The predicted octanol–water partition coefficient (Wildman–Crippen LogP) is 3.04. The molecule has 21 heavy (non-hydrogen) atoms. The van der Waals surface area contributed by atoms with E-state index in [1.807, 2.05) is 48.7 Å². The van der Waals surface area contributed by atoms with Gasteiger partial charge in [-0.3, -0.25) is 4.79 Å². The number of nitrogens with zero attached hydrogens (tertiary/aromatic N) is 2. The molecule has 0 aliphatic heterocycles. The Kier molecular flexibility index (Phi) is 3.79. The second-order valence-corrected chi connectivity index (χ2v) is 5.58. The number of carbonyl (C=O) groups is 1. The van der Waals surface area contributed by atoms with E-state index in [9.17, 15) is 4.79 Å². The van der Waals surface area contributed by atoms with Crippen molar-refractivity contribution < 1.29 is 9.32 Å². The van der Waals surface area contributed by atoms with E-state index < -0.39 is 0 Å². The summed E-state index contributed by atoms with van der Waals surface area (Å²) in [6.07, 6.45) is 0. The fourth-order valence-electron chi connectivity index (χ4n) is 1.79. The second-order valence-electron chi connectivity index (χ2n) is 4.55. The van der Waals surface area contributed by atoms with Gasteiger partial charge in [-0.05, 0) is 30.5 Å². The Hall–Kier alpha value is -2.47. The van der Waals surface area contributed by atoms with Gasteiger partial charge in [-0.2, -0.15) is 4.98 Å². The highest BCUT2D eigenvalue weighted by atomic mass is 32.1. The maximum Gasteiger partial charge on any atom is 0.292 e. The molecule has 0 aliphatic carbocycles. The molecule has 6 heteroatoms. The molecule has 0 spiro atoms. The molecule has 0 atom stereocenters. The largest absolute Gasteiger partial charge is 0.344 e. The quantitative estimate of drug-likeness (QED) is 0.804. The minimum Gasteiger partial charge on any atom is -0.344 e. The molecule has 1 N–H and O–H groups in total. The van der Waals surface area contributed by atoms with E-state index in [4.69, 9.17) is 4.52 Å². The van der Waals surface area contributed by atoms with Crippen LogP contribution in [0.15, 0.2) is 46.3 Å². The molecule has 1 aromatic carbocycles. The molecule has 0 unspecified atom stereocenters. The Bertz CT molecular complexity index is 733. The number of rotatable bonds is 4. The van der Waals surface area contributed by atoms with E-state index in [0.29, 0.717) is 12.4 Å². The second kappa shape index (κ2) is 5.88. The minimum absolute atomic E-state index is 0.0436. The molecule has 2 heterocycles. The number of aromatic nitrogens is 2. The van der Waals surface area contributed by atoms with Gasteiger partial charge in [0.25, 0.3) is 17.6 Å². The molecule has 106 valence electrons. The molecule has 0 radical (unpaired) electrons. The fourth-order valence-corrected chi connectivity index (χ4v) is 2.43. The molecule has 0 fully saturated rings. The Morgan fingerprint density at radius 2 is 2.10 bits per heavy atom. The molecule has 0 bridgehead atoms. The maximum absolute atomic E-state index is 11.9. The third-order valence-corrected chi connectivity index (χ3v) is 3.81. The highest BCUT2D eigenvalue weighted by Gasteiger charge is 2.15. The average molecular weight is 299 g/mol. The molecule has 5 nitrogen and oxygen atoms in total. The van der Waals surface area contributed by atoms with E-state index >= 15 is 0 Å². The lowest BCUT2D eigenvalue weighted by Crippen LogP contribution is -2.23. The van der Waals surface area contributed by atoms with Gasteiger partial charge < -0.3 is 9.84 Å². The number of hydrogen-bond donors (Lipinski definition) is 1. The van der Waals surface area contributed by atoms with Crippen LogP contribution in [0.1, 0.15) is 21.1 Å². The number of carbonyl (C=O) groups excluding carboxylic acids is 1. The molecule has 0 aliphatic rings. The molecular weight excluding hydrogens is 286 g/mol. The highest BCUT2D eigenvalue weighted by Crippen LogP contribution is 2.17. The van der Waals surface area contributed by atoms with E-state index in [-0.39, 0.29) is 11.7 Å². The molecule has 0 saturated carbocycles. The van der Waals surface area contributed by atoms with Crippen LogP contribution < -0.4 is 5.32 Å². The van der Waals surface area contributed by atoms with Gasteiger partial charge in [-0.1, -0.05) is 28.9 Å². The standard InChI is InChI=1S/C15H13N3O2S/c1-10-4-6-11(7-5-10)15-17-13(18-20-15)14(19)16-9-12-3-2-8-21-12/h2-8H,9H2,1H3,(H,16,19). The lowest BCUT2D eigenvalue weighted by Gasteiger charge is -1.98. The normalized spacial score (nSPS) is 10.5. The lowest BCUT2D eigenvalue weighted by atomic mass is 10.1. The van der Waals surface area contributed by atoms with Gasteiger partial charge in [0.05, 0.1) is 6.54 Å². The van der Waals surface area contributed by atoms with Crippen LogP contribution in [0.5, 0.6) is 0 Å². The summed E-state index contributed by atoms with van der Waals surface area (Å²) in [6, 6.07) is 11.6. The van der Waals surface area contributed by atoms with Crippen molar-refractivity contribution in [1.82, 2.24) is 15.5 Å². The first-order valence-electron chi connectivity index (χ1n) is 6.44. The van der Waals surface area contributed by atoms with Crippen molar-refractivity contribution in [2.75, 3.05) is 0 Å². The average Bonchev–Trinajstić information content (AvgIpc) is 3.17. The number of aryl methyl sites for hydroxylation is 1. The van der Waals surface area contributed by atoms with Crippen molar-refractivity contribution in [3.05, 3.63) is 58.0 Å². The third-order valence-electron chi connectivity index (χ3n) is 2.93. The van der Waals surface area contributed by atoms with E-state index in [1.165, 1.54) is 0 Å². The molecule has 1 amide bonds. The van der Waals surface area contributed by atoms with E-state index in [2.05, 4.69) is 15.5 Å². The topological polar surface area (TPSA) is 68.0 Å². The highest BCUT2D eigenvalue weighted by molar-refractivity contribution is 7.09. The summed E-state index contributed by atoms with van der Waals surface area (Å²) in [5.41, 5.74) is 1.94. The van der Waals surface area contributed by atoms with E-state index in [0.717, 1.165) is 16.0 Å². The van der Waals surface area contributed by atoms with Crippen molar-refractivity contribution in [3.63, 3.8) is 0 Å². The van der Waals surface area contributed by atoms with Gasteiger partial charge in [-0.25, -0.2) is 0 Å². The summed E-state index contributed by atoms with van der Waals surface area (Å²) < 4.78 is 5.13. The monoisotopic (exact) mass is 299 g/mol. The van der Waals surface area contributed by atoms with Crippen molar-refractivity contribution in [2.24, 2.45) is 0 Å². The summed E-state index contributed by atoms with van der Waals surface area (Å²) in [5, 5.41) is 8.45. The van der Waals surface area contributed by atoms with E-state index in [1.54, 1.807) is 11.3 Å². The number of nitrogens with one attached hydrogen (secondary N) is 1. The third kappa shape index (κ3) is 3.17. The molecule has 0 saturated heterocycles. The van der Waals surface area contributed by atoms with Crippen LogP contribution in [0.4, 0.5) is 0 Å². The van der Waals surface area contributed by atoms with Crippen LogP contribution in [-0.2, 0) is 6.54 Å². The smallest absolute Gasteiger partial charge is 0.292 e. The zero-order chi connectivity index (χ0) is 14.7. The van der Waals surface area contributed by atoms with Crippen molar-refractivity contribution in [1.29, 1.82) is 0 Å². The number of hydrogen-bond acceptors (Lipinski definition) is 5. The van der Waals surface area contributed by atoms with Crippen LogP contribution >= 0.6 is 11.3 Å². The zero-order valence-electron chi connectivity index (χ0n) is 11.4. The van der Waals surface area contributed by atoms with Crippen molar-refractivity contribution >= 4 is 17.2 Å². The Balaban J connectivity index is 1.69. The van der Waals surface area contributed by atoms with Crippen LogP contribution in [-0.4, -0.2) is 16.0 Å². The van der Waals surface area contributed by atoms with Gasteiger partial charge in [0.15, 0.2) is 0 Å². The van der Waals surface area contributed by atoms with Gasteiger partial charge in [0.2, 0.25) is 0 Å². The molecule has 2 aromatic heterocycles. The van der Waals surface area contributed by atoms with Gasteiger partial charge in [-0.15, -0.1) is 11.3 Å². The molecule has 3 aromatic rings. The van der Waals surface area contributed by atoms with Gasteiger partial charge in [0, 0.05) is 10.4 Å². The zero-order valence-corrected chi connectivity index (χ0v) is 12.2. The summed E-state index contributed by atoms with van der Waals surface area (Å²) in [5.74, 6) is 0.0453. The number of thiophene rings is 1. The van der Waals surface area contributed by atoms with Crippen molar-refractivity contribution in [3.8, 4) is 11.5 Å². The number of benzene rings is 1. The van der Waals surface area contributed by atoms with Crippen LogP contribution in [0.3, 0.4) is 0 Å².